The van der Waals surface area contributed by atoms with Crippen molar-refractivity contribution in [3.05, 3.63) is 63.2 Å². The lowest BCUT2D eigenvalue weighted by atomic mass is 10.1. The highest BCUT2D eigenvalue weighted by Crippen LogP contribution is 2.35. The Morgan fingerprint density at radius 2 is 1.93 bits per heavy atom. The number of carbonyl (C=O) groups excluding carboxylic acids is 1. The number of carbonyl (C=O) groups is 1. The molecule has 0 fully saturated rings. The molecule has 0 atom stereocenters. The summed E-state index contributed by atoms with van der Waals surface area (Å²) in [5.74, 6) is -0.980. The molecule has 7 nitrogen and oxygen atoms in total. The first-order valence-electron chi connectivity index (χ1n) is 8.06. The van der Waals surface area contributed by atoms with Crippen LogP contribution in [-0.4, -0.2) is 22.6 Å². The zero-order valence-corrected chi connectivity index (χ0v) is 14.7. The predicted molar refractivity (Wildman–Crippen MR) is 90.9 cm³/mol. The highest BCUT2D eigenvalue weighted by Gasteiger charge is 2.32. The molecular formula is C18H16F3NO6. The van der Waals surface area contributed by atoms with Gasteiger partial charge in [0.2, 0.25) is 0 Å². The van der Waals surface area contributed by atoms with Crippen molar-refractivity contribution in [2.24, 2.45) is 0 Å². The van der Waals surface area contributed by atoms with Gasteiger partial charge in [-0.05, 0) is 36.8 Å². The number of nitrogens with zero attached hydrogens (tertiary/aromatic N) is 1. The smallest absolute Gasteiger partial charge is 0.416 e. The average Bonchev–Trinajstić information content (AvgIpc) is 2.61. The summed E-state index contributed by atoms with van der Waals surface area (Å²) in [4.78, 5) is 21.7. The normalized spacial score (nSPS) is 11.2. The number of ether oxygens (including phenoxy) is 2. The van der Waals surface area contributed by atoms with Crippen LogP contribution in [0.4, 0.5) is 18.9 Å². The highest BCUT2D eigenvalue weighted by atomic mass is 19.4. The summed E-state index contributed by atoms with van der Waals surface area (Å²) in [6, 6.07) is 6.11. The van der Waals surface area contributed by atoms with E-state index >= 15 is 0 Å². The monoisotopic (exact) mass is 399 g/mol. The van der Waals surface area contributed by atoms with Gasteiger partial charge in [0, 0.05) is 17.7 Å². The fourth-order valence-electron chi connectivity index (χ4n) is 2.39. The van der Waals surface area contributed by atoms with Crippen molar-refractivity contribution in [3.8, 4) is 11.5 Å². The molecule has 2 rings (SSSR count). The van der Waals surface area contributed by atoms with E-state index in [0.29, 0.717) is 0 Å². The van der Waals surface area contributed by atoms with E-state index in [-0.39, 0.29) is 41.3 Å². The minimum atomic E-state index is -4.68. The molecule has 2 aromatic rings. The van der Waals surface area contributed by atoms with Gasteiger partial charge in [0.05, 0.1) is 30.1 Å². The second kappa shape index (κ2) is 8.70. The Morgan fingerprint density at radius 3 is 2.50 bits per heavy atom. The van der Waals surface area contributed by atoms with Crippen molar-refractivity contribution in [2.45, 2.75) is 26.1 Å². The molecule has 0 aliphatic heterocycles. The van der Waals surface area contributed by atoms with Crippen molar-refractivity contribution >= 4 is 11.7 Å². The third-order valence-electron chi connectivity index (χ3n) is 3.60. The second-order valence-electron chi connectivity index (χ2n) is 5.65. The van der Waals surface area contributed by atoms with Gasteiger partial charge in [-0.25, -0.2) is 0 Å². The number of nitro groups is 1. The first-order valence-corrected chi connectivity index (χ1v) is 8.06. The maximum atomic E-state index is 13.2. The highest BCUT2D eigenvalue weighted by molar-refractivity contribution is 5.72. The van der Waals surface area contributed by atoms with Crippen LogP contribution in [0.15, 0.2) is 36.4 Å². The summed E-state index contributed by atoms with van der Waals surface area (Å²) in [7, 11) is 0. The van der Waals surface area contributed by atoms with Crippen LogP contribution < -0.4 is 4.74 Å². The molecule has 1 N–H and O–H groups in total. The minimum absolute atomic E-state index is 0.0238. The maximum Gasteiger partial charge on any atom is 0.416 e. The van der Waals surface area contributed by atoms with Crippen LogP contribution in [0, 0.1) is 10.1 Å². The summed E-state index contributed by atoms with van der Waals surface area (Å²) in [6.45, 7) is 1.04. The number of aliphatic hydroxyl groups excluding tert-OH is 1. The first-order chi connectivity index (χ1) is 13.1. The molecule has 150 valence electrons. The van der Waals surface area contributed by atoms with E-state index < -0.39 is 29.2 Å². The number of alkyl halides is 3. The van der Waals surface area contributed by atoms with E-state index in [0.717, 1.165) is 24.3 Å². The predicted octanol–water partition coefficient (Wildman–Crippen LogP) is 4.00. The zero-order chi connectivity index (χ0) is 20.9. The molecule has 10 heteroatoms. The Hall–Kier alpha value is -3.14. The lowest BCUT2D eigenvalue weighted by Gasteiger charge is -2.14. The van der Waals surface area contributed by atoms with Crippen molar-refractivity contribution in [3.63, 3.8) is 0 Å². The number of rotatable bonds is 7. The van der Waals surface area contributed by atoms with Gasteiger partial charge in [-0.3, -0.25) is 14.9 Å². The fraction of sp³-hybridized carbons (Fsp3) is 0.278. The van der Waals surface area contributed by atoms with Crippen LogP contribution in [0.25, 0.3) is 0 Å². The maximum absolute atomic E-state index is 13.2. The number of hydrogen-bond acceptors (Lipinski definition) is 6. The molecule has 0 aromatic heterocycles. The SMILES string of the molecule is CCOC(=O)Cc1cc(Oc2ccc([N+](=O)[O-])cc2CO)cc(C(F)(F)F)c1. The minimum Gasteiger partial charge on any atom is -0.466 e. The Labute approximate surface area is 157 Å². The number of non-ortho nitro benzene ring substituents is 1. The summed E-state index contributed by atoms with van der Waals surface area (Å²) in [5.41, 5.74) is -1.28. The van der Waals surface area contributed by atoms with Gasteiger partial charge in [-0.15, -0.1) is 0 Å². The topological polar surface area (TPSA) is 98.9 Å². The molecule has 0 saturated heterocycles. The molecule has 0 amide bonds. The Bertz CT molecular complexity index is 882. The van der Waals surface area contributed by atoms with Crippen molar-refractivity contribution in [1.29, 1.82) is 0 Å². The fourth-order valence-corrected chi connectivity index (χ4v) is 2.39. The third-order valence-corrected chi connectivity index (χ3v) is 3.60. The molecular weight excluding hydrogens is 383 g/mol. The number of aliphatic hydroxyl groups is 1. The lowest BCUT2D eigenvalue weighted by molar-refractivity contribution is -0.385. The van der Waals surface area contributed by atoms with Crippen LogP contribution in [0.3, 0.4) is 0 Å². The number of hydrogen-bond donors (Lipinski definition) is 1. The van der Waals surface area contributed by atoms with Gasteiger partial charge in [-0.2, -0.15) is 13.2 Å². The molecule has 0 heterocycles. The van der Waals surface area contributed by atoms with Gasteiger partial charge in [0.25, 0.3) is 5.69 Å². The molecule has 0 spiro atoms. The van der Waals surface area contributed by atoms with Crippen LogP contribution in [0.1, 0.15) is 23.6 Å². The average molecular weight is 399 g/mol. The molecule has 0 saturated carbocycles. The van der Waals surface area contributed by atoms with Gasteiger partial charge in [0.15, 0.2) is 0 Å². The van der Waals surface area contributed by atoms with Crippen LogP contribution in [0.2, 0.25) is 0 Å². The summed E-state index contributed by atoms with van der Waals surface area (Å²) >= 11 is 0. The van der Waals surface area contributed by atoms with Gasteiger partial charge in [-0.1, -0.05) is 0 Å². The van der Waals surface area contributed by atoms with E-state index in [1.807, 2.05) is 0 Å². The number of esters is 1. The van der Waals surface area contributed by atoms with E-state index in [4.69, 9.17) is 9.47 Å². The molecule has 0 unspecified atom stereocenters. The van der Waals surface area contributed by atoms with Crippen LogP contribution >= 0.6 is 0 Å². The molecule has 28 heavy (non-hydrogen) atoms. The van der Waals surface area contributed by atoms with Gasteiger partial charge in [0.1, 0.15) is 11.5 Å². The van der Waals surface area contributed by atoms with Gasteiger partial charge >= 0.3 is 12.1 Å². The quantitative estimate of drug-likeness (QED) is 0.429. The zero-order valence-electron chi connectivity index (χ0n) is 14.7. The van der Waals surface area contributed by atoms with Crippen LogP contribution in [-0.2, 0) is 28.7 Å². The molecule has 0 aliphatic carbocycles. The molecule has 0 radical (unpaired) electrons. The summed E-state index contributed by atoms with van der Waals surface area (Å²) < 4.78 is 49.7. The van der Waals surface area contributed by atoms with Crippen LogP contribution in [0.5, 0.6) is 11.5 Å². The van der Waals surface area contributed by atoms with E-state index in [2.05, 4.69) is 0 Å². The van der Waals surface area contributed by atoms with E-state index in [9.17, 15) is 33.2 Å². The lowest BCUT2D eigenvalue weighted by Crippen LogP contribution is -2.10. The molecule has 2 aromatic carbocycles. The number of halogens is 3. The van der Waals surface area contributed by atoms with Crippen molar-refractivity contribution < 1.29 is 37.5 Å². The van der Waals surface area contributed by atoms with Crippen molar-refractivity contribution in [2.75, 3.05) is 6.61 Å². The van der Waals surface area contributed by atoms with E-state index in [1.165, 1.54) is 12.1 Å². The largest absolute Gasteiger partial charge is 0.466 e. The standard InChI is InChI=1S/C18H16F3NO6/c1-2-27-17(24)7-11-5-13(18(19,20)21)9-15(6-11)28-16-4-3-14(22(25)26)8-12(16)10-23/h3-6,8-9,23H,2,7,10H2,1H3. The Morgan fingerprint density at radius 1 is 1.21 bits per heavy atom. The van der Waals surface area contributed by atoms with E-state index in [1.54, 1.807) is 6.92 Å². The number of benzene rings is 2. The summed E-state index contributed by atoms with van der Waals surface area (Å²) in [6.07, 6.45) is -5.07. The van der Waals surface area contributed by atoms with Crippen molar-refractivity contribution in [1.82, 2.24) is 0 Å². The molecule has 0 bridgehead atoms. The second-order valence-corrected chi connectivity index (χ2v) is 5.65. The van der Waals surface area contributed by atoms with Gasteiger partial charge < -0.3 is 14.6 Å². The molecule has 0 aliphatic rings. The number of nitro benzene ring substituents is 1. The third kappa shape index (κ3) is 5.43. The Balaban J connectivity index is 2.41. The Kier molecular flexibility index (Phi) is 6.57. The first kappa shape index (κ1) is 21.2. The summed E-state index contributed by atoms with van der Waals surface area (Å²) in [5, 5.41) is 20.2.